The molecule has 1 fully saturated rings. The van der Waals surface area contributed by atoms with Gasteiger partial charge in [-0.2, -0.15) is 0 Å². The van der Waals surface area contributed by atoms with Crippen molar-refractivity contribution in [3.05, 3.63) is 82.3 Å². The number of hydrogen-bond acceptors (Lipinski definition) is 4. The molecule has 7 heteroatoms. The molecule has 1 aliphatic heterocycles. The van der Waals surface area contributed by atoms with Gasteiger partial charge in [0.15, 0.2) is 5.79 Å². The molecule has 1 saturated heterocycles. The van der Waals surface area contributed by atoms with E-state index in [0.29, 0.717) is 19.8 Å². The van der Waals surface area contributed by atoms with Crippen LogP contribution in [0.3, 0.4) is 0 Å². The Hall–Kier alpha value is -1.86. The second-order valence-corrected chi connectivity index (χ2v) is 8.44. The first-order valence-electron chi connectivity index (χ1n) is 9.51. The van der Waals surface area contributed by atoms with E-state index < -0.39 is 5.79 Å². The molecule has 0 saturated carbocycles. The molecule has 5 nitrogen and oxygen atoms in total. The minimum atomic E-state index is -0.714. The van der Waals surface area contributed by atoms with Gasteiger partial charge in [0.25, 0.3) is 0 Å². The van der Waals surface area contributed by atoms with Crippen molar-refractivity contribution in [2.24, 2.45) is 0 Å². The lowest BCUT2D eigenvalue weighted by Crippen LogP contribution is -2.37. The molecule has 1 aliphatic rings. The first kappa shape index (κ1) is 20.4. The summed E-state index contributed by atoms with van der Waals surface area (Å²) in [5.74, 6) is 0.0960. The second-order valence-electron chi connectivity index (χ2n) is 7.09. The molecular formula is C22H22BrClN2O3. The summed E-state index contributed by atoms with van der Waals surface area (Å²) >= 11 is 9.43. The Morgan fingerprint density at radius 1 is 1.17 bits per heavy atom. The number of halogens is 2. The zero-order chi connectivity index (χ0) is 20.1. The fraction of sp³-hybridized carbons (Fsp3) is 0.318. The van der Waals surface area contributed by atoms with Crippen LogP contribution in [-0.2, 0) is 22.4 Å². The van der Waals surface area contributed by atoms with E-state index in [9.17, 15) is 0 Å². The van der Waals surface area contributed by atoms with E-state index in [-0.39, 0.29) is 6.10 Å². The Morgan fingerprint density at radius 2 is 1.97 bits per heavy atom. The van der Waals surface area contributed by atoms with Crippen LogP contribution in [0.2, 0.25) is 5.02 Å². The summed E-state index contributed by atoms with van der Waals surface area (Å²) in [7, 11) is 0. The van der Waals surface area contributed by atoms with Gasteiger partial charge in [0.05, 0.1) is 19.5 Å². The normalized spacial score (nSPS) is 21.4. The monoisotopic (exact) mass is 476 g/mol. The molecular weight excluding hydrogens is 456 g/mol. The Bertz CT molecular complexity index is 903. The lowest BCUT2D eigenvalue weighted by Gasteiger charge is -2.28. The Kier molecular flexibility index (Phi) is 6.55. The number of aryl methyl sites for hydroxylation is 1. The van der Waals surface area contributed by atoms with Crippen molar-refractivity contribution in [2.75, 3.05) is 13.2 Å². The van der Waals surface area contributed by atoms with Gasteiger partial charge in [-0.05, 0) is 48.4 Å². The Morgan fingerprint density at radius 3 is 2.69 bits per heavy atom. The van der Waals surface area contributed by atoms with Crippen molar-refractivity contribution in [3.63, 3.8) is 0 Å². The number of nitrogens with zero attached hydrogens (tertiary/aromatic N) is 2. The lowest BCUT2D eigenvalue weighted by atomic mass is 10.0. The van der Waals surface area contributed by atoms with Crippen molar-refractivity contribution in [1.82, 2.24) is 9.55 Å². The maximum Gasteiger partial charge on any atom is 0.187 e. The van der Waals surface area contributed by atoms with Gasteiger partial charge in [-0.15, -0.1) is 0 Å². The fourth-order valence-electron chi connectivity index (χ4n) is 3.36. The number of aromatic nitrogens is 2. The van der Waals surface area contributed by atoms with E-state index in [1.807, 2.05) is 59.3 Å². The average Bonchev–Trinajstić information content (AvgIpc) is 3.38. The standard InChI is InChI=1S/C22H22BrClN2O3/c23-18-3-7-20(8-4-18)27-13-21-14-28-22(29-21,15-26-12-11-25-16-26)10-9-17-1-5-19(24)6-2-17/h1-8,11-12,16,21H,9-10,13-15H2/t21-,22-/m1/s1. The summed E-state index contributed by atoms with van der Waals surface area (Å²) in [5.41, 5.74) is 1.20. The summed E-state index contributed by atoms with van der Waals surface area (Å²) in [6, 6.07) is 15.7. The minimum absolute atomic E-state index is 0.132. The second kappa shape index (κ2) is 9.30. The minimum Gasteiger partial charge on any atom is -0.491 e. The molecule has 0 bridgehead atoms. The molecule has 0 N–H and O–H groups in total. The number of imidazole rings is 1. The van der Waals surface area contributed by atoms with Gasteiger partial charge in [0.2, 0.25) is 0 Å². The quantitative estimate of drug-likeness (QED) is 0.452. The molecule has 2 atom stereocenters. The highest BCUT2D eigenvalue weighted by Crippen LogP contribution is 2.31. The largest absolute Gasteiger partial charge is 0.491 e. The van der Waals surface area contributed by atoms with E-state index in [0.717, 1.165) is 28.1 Å². The Balaban J connectivity index is 1.40. The van der Waals surface area contributed by atoms with Crippen LogP contribution in [-0.4, -0.2) is 34.7 Å². The third-order valence-corrected chi connectivity index (χ3v) is 5.63. The first-order valence-corrected chi connectivity index (χ1v) is 10.7. The molecule has 152 valence electrons. The summed E-state index contributed by atoms with van der Waals surface area (Å²) in [4.78, 5) is 4.13. The highest BCUT2D eigenvalue weighted by molar-refractivity contribution is 9.10. The highest BCUT2D eigenvalue weighted by atomic mass is 79.9. The third kappa shape index (κ3) is 5.60. The number of ether oxygens (including phenoxy) is 3. The van der Waals surface area contributed by atoms with E-state index in [1.54, 1.807) is 12.5 Å². The summed E-state index contributed by atoms with van der Waals surface area (Å²) in [6.07, 6.45) is 6.88. The van der Waals surface area contributed by atoms with Crippen LogP contribution < -0.4 is 4.74 Å². The van der Waals surface area contributed by atoms with Crippen molar-refractivity contribution in [2.45, 2.75) is 31.3 Å². The molecule has 2 heterocycles. The van der Waals surface area contributed by atoms with Gasteiger partial charge in [-0.3, -0.25) is 0 Å². The van der Waals surface area contributed by atoms with Gasteiger partial charge in [0.1, 0.15) is 18.5 Å². The SMILES string of the molecule is Clc1ccc(CC[C@@]2(Cn3ccnc3)OC[C@@H](COc3ccc(Br)cc3)O2)cc1. The highest BCUT2D eigenvalue weighted by Gasteiger charge is 2.42. The molecule has 0 aliphatic carbocycles. The van der Waals surface area contributed by atoms with Gasteiger partial charge in [-0.1, -0.05) is 39.7 Å². The van der Waals surface area contributed by atoms with Crippen LogP contribution in [0.4, 0.5) is 0 Å². The molecule has 0 unspecified atom stereocenters. The molecule has 0 spiro atoms. The first-order chi connectivity index (χ1) is 14.1. The summed E-state index contributed by atoms with van der Waals surface area (Å²) in [5, 5.41) is 0.736. The molecule has 1 aromatic heterocycles. The van der Waals surface area contributed by atoms with Crippen molar-refractivity contribution >= 4 is 27.5 Å². The lowest BCUT2D eigenvalue weighted by molar-refractivity contribution is -0.184. The van der Waals surface area contributed by atoms with Crippen LogP contribution >= 0.6 is 27.5 Å². The molecule has 2 aromatic carbocycles. The summed E-state index contributed by atoms with van der Waals surface area (Å²) < 4.78 is 21.5. The molecule has 0 radical (unpaired) electrons. The number of hydrogen-bond donors (Lipinski definition) is 0. The van der Waals surface area contributed by atoms with Gasteiger partial charge < -0.3 is 18.8 Å². The smallest absolute Gasteiger partial charge is 0.187 e. The maximum atomic E-state index is 6.38. The van der Waals surface area contributed by atoms with Gasteiger partial charge >= 0.3 is 0 Å². The van der Waals surface area contributed by atoms with Gasteiger partial charge in [-0.25, -0.2) is 4.98 Å². The predicted molar refractivity (Wildman–Crippen MR) is 115 cm³/mol. The van der Waals surface area contributed by atoms with E-state index in [2.05, 4.69) is 20.9 Å². The maximum absolute atomic E-state index is 6.38. The molecule has 3 aromatic rings. The topological polar surface area (TPSA) is 45.5 Å². The predicted octanol–water partition coefficient (Wildman–Crippen LogP) is 5.12. The van der Waals surface area contributed by atoms with E-state index >= 15 is 0 Å². The van der Waals surface area contributed by atoms with Crippen LogP contribution in [0.5, 0.6) is 5.75 Å². The number of benzene rings is 2. The van der Waals surface area contributed by atoms with Crippen molar-refractivity contribution in [3.8, 4) is 5.75 Å². The van der Waals surface area contributed by atoms with Crippen LogP contribution in [0.15, 0.2) is 71.7 Å². The third-order valence-electron chi connectivity index (χ3n) is 4.85. The zero-order valence-corrected chi connectivity index (χ0v) is 18.2. The number of rotatable bonds is 8. The fourth-order valence-corrected chi connectivity index (χ4v) is 3.75. The van der Waals surface area contributed by atoms with Crippen molar-refractivity contribution in [1.29, 1.82) is 0 Å². The average molecular weight is 478 g/mol. The van der Waals surface area contributed by atoms with Crippen LogP contribution in [0.1, 0.15) is 12.0 Å². The zero-order valence-electron chi connectivity index (χ0n) is 15.8. The van der Waals surface area contributed by atoms with Gasteiger partial charge in [0, 0.05) is 28.3 Å². The summed E-state index contributed by atoms with van der Waals surface area (Å²) in [6.45, 7) is 1.51. The molecule has 29 heavy (non-hydrogen) atoms. The van der Waals surface area contributed by atoms with E-state index in [4.69, 9.17) is 25.8 Å². The van der Waals surface area contributed by atoms with Crippen LogP contribution in [0.25, 0.3) is 0 Å². The molecule has 4 rings (SSSR count). The van der Waals surface area contributed by atoms with E-state index in [1.165, 1.54) is 5.56 Å². The Labute approximate surface area is 183 Å². The van der Waals surface area contributed by atoms with Crippen LogP contribution in [0, 0.1) is 0 Å². The van der Waals surface area contributed by atoms with Crippen molar-refractivity contribution < 1.29 is 14.2 Å². The molecule has 0 amide bonds.